The molecule has 1 rings (SSSR count). The molecule has 1 amide bonds. The second-order valence-electron chi connectivity index (χ2n) is 4.57. The minimum Gasteiger partial charge on any atom is -0.392 e. The topological polar surface area (TPSA) is 49.3 Å². The van der Waals surface area contributed by atoms with Gasteiger partial charge >= 0.3 is 0 Å². The predicted molar refractivity (Wildman–Crippen MR) is 73.0 cm³/mol. The molecule has 0 aliphatic rings. The van der Waals surface area contributed by atoms with E-state index in [1.54, 1.807) is 0 Å². The van der Waals surface area contributed by atoms with Crippen LogP contribution in [0, 0.1) is 0 Å². The first-order valence-electron chi connectivity index (χ1n) is 6.71. The van der Waals surface area contributed by atoms with Crippen LogP contribution in [0.3, 0.4) is 0 Å². The van der Waals surface area contributed by atoms with E-state index in [0.29, 0.717) is 13.0 Å². The minimum atomic E-state index is 0.0405. The quantitative estimate of drug-likeness (QED) is 0.696. The van der Waals surface area contributed by atoms with Crippen molar-refractivity contribution in [2.75, 3.05) is 0 Å². The van der Waals surface area contributed by atoms with Crippen LogP contribution in [0.15, 0.2) is 24.3 Å². The van der Waals surface area contributed by atoms with Crippen molar-refractivity contribution in [2.45, 2.75) is 52.2 Å². The second kappa shape index (κ2) is 8.70. The standard InChI is InChI=1S/C15H23NO2/c1-2-3-4-5-9-15(18)16-11-13-7-6-8-14(10-13)12-17/h6-8,10,17H,2-5,9,11-12H2,1H3,(H,16,18). The summed E-state index contributed by atoms with van der Waals surface area (Å²) in [6.07, 6.45) is 5.10. The van der Waals surface area contributed by atoms with E-state index in [-0.39, 0.29) is 12.5 Å². The number of carbonyl (C=O) groups is 1. The van der Waals surface area contributed by atoms with Gasteiger partial charge in [-0.05, 0) is 17.5 Å². The third kappa shape index (κ3) is 5.82. The first kappa shape index (κ1) is 14.7. The molecule has 0 fully saturated rings. The first-order chi connectivity index (χ1) is 8.76. The Morgan fingerprint density at radius 1 is 1.22 bits per heavy atom. The van der Waals surface area contributed by atoms with Crippen LogP contribution in [-0.2, 0) is 17.9 Å². The monoisotopic (exact) mass is 249 g/mol. The van der Waals surface area contributed by atoms with E-state index in [0.717, 1.165) is 24.0 Å². The van der Waals surface area contributed by atoms with Gasteiger partial charge in [-0.15, -0.1) is 0 Å². The summed E-state index contributed by atoms with van der Waals surface area (Å²) in [7, 11) is 0. The Hall–Kier alpha value is -1.35. The lowest BCUT2D eigenvalue weighted by atomic mass is 10.1. The van der Waals surface area contributed by atoms with Gasteiger partial charge in [-0.3, -0.25) is 4.79 Å². The Bertz CT molecular complexity index is 363. The Morgan fingerprint density at radius 3 is 2.72 bits per heavy atom. The van der Waals surface area contributed by atoms with E-state index in [9.17, 15) is 4.79 Å². The molecular formula is C15H23NO2. The SMILES string of the molecule is CCCCCCC(=O)NCc1cccc(CO)c1. The van der Waals surface area contributed by atoms with Crippen molar-refractivity contribution in [1.29, 1.82) is 0 Å². The van der Waals surface area contributed by atoms with Crippen LogP contribution in [-0.4, -0.2) is 11.0 Å². The molecule has 3 nitrogen and oxygen atoms in total. The van der Waals surface area contributed by atoms with Crippen LogP contribution >= 0.6 is 0 Å². The summed E-state index contributed by atoms with van der Waals surface area (Å²) in [6, 6.07) is 7.64. The number of rotatable bonds is 8. The molecule has 1 aromatic rings. The Kier molecular flexibility index (Phi) is 7.11. The third-order valence-electron chi connectivity index (χ3n) is 2.92. The molecule has 0 spiro atoms. The number of nitrogens with one attached hydrogen (secondary N) is 1. The predicted octanol–water partition coefficient (Wildman–Crippen LogP) is 2.77. The number of aliphatic hydroxyl groups excluding tert-OH is 1. The molecule has 0 heterocycles. The fourth-order valence-electron chi connectivity index (χ4n) is 1.84. The van der Waals surface area contributed by atoms with E-state index >= 15 is 0 Å². The smallest absolute Gasteiger partial charge is 0.220 e. The Labute approximate surface area is 109 Å². The van der Waals surface area contributed by atoms with Crippen molar-refractivity contribution in [2.24, 2.45) is 0 Å². The van der Waals surface area contributed by atoms with Crippen molar-refractivity contribution in [1.82, 2.24) is 5.32 Å². The van der Waals surface area contributed by atoms with E-state index in [2.05, 4.69) is 12.2 Å². The van der Waals surface area contributed by atoms with Crippen LogP contribution in [0.5, 0.6) is 0 Å². The summed E-state index contributed by atoms with van der Waals surface area (Å²) >= 11 is 0. The van der Waals surface area contributed by atoms with Gasteiger partial charge in [0.05, 0.1) is 6.61 Å². The molecule has 0 aliphatic heterocycles. The molecule has 0 aliphatic carbocycles. The summed E-state index contributed by atoms with van der Waals surface area (Å²) in [6.45, 7) is 2.74. The van der Waals surface area contributed by atoms with Crippen molar-refractivity contribution < 1.29 is 9.90 Å². The molecule has 1 aromatic carbocycles. The number of unbranched alkanes of at least 4 members (excludes halogenated alkanes) is 3. The highest BCUT2D eigenvalue weighted by atomic mass is 16.3. The highest BCUT2D eigenvalue weighted by Gasteiger charge is 2.01. The summed E-state index contributed by atoms with van der Waals surface area (Å²) in [4.78, 5) is 11.6. The van der Waals surface area contributed by atoms with Gasteiger partial charge in [0.1, 0.15) is 0 Å². The molecule has 0 bridgehead atoms. The van der Waals surface area contributed by atoms with Crippen molar-refractivity contribution >= 4 is 5.91 Å². The number of benzene rings is 1. The Morgan fingerprint density at radius 2 is 2.00 bits per heavy atom. The normalized spacial score (nSPS) is 10.3. The summed E-state index contributed by atoms with van der Waals surface area (Å²) in [5.74, 6) is 0.112. The summed E-state index contributed by atoms with van der Waals surface area (Å²) in [5, 5.41) is 11.9. The third-order valence-corrected chi connectivity index (χ3v) is 2.92. The highest BCUT2D eigenvalue weighted by Crippen LogP contribution is 2.06. The lowest BCUT2D eigenvalue weighted by Gasteiger charge is -2.06. The zero-order chi connectivity index (χ0) is 13.2. The lowest BCUT2D eigenvalue weighted by Crippen LogP contribution is -2.22. The van der Waals surface area contributed by atoms with Gasteiger partial charge in [0.25, 0.3) is 0 Å². The molecule has 3 heteroatoms. The maximum absolute atomic E-state index is 11.6. The fourth-order valence-corrected chi connectivity index (χ4v) is 1.84. The summed E-state index contributed by atoms with van der Waals surface area (Å²) in [5.41, 5.74) is 1.91. The zero-order valence-corrected chi connectivity index (χ0v) is 11.1. The number of aliphatic hydroxyl groups is 1. The van der Waals surface area contributed by atoms with Gasteiger partial charge in [-0.25, -0.2) is 0 Å². The lowest BCUT2D eigenvalue weighted by molar-refractivity contribution is -0.121. The van der Waals surface area contributed by atoms with Crippen molar-refractivity contribution in [3.8, 4) is 0 Å². The van der Waals surface area contributed by atoms with Gasteiger partial charge in [0, 0.05) is 13.0 Å². The van der Waals surface area contributed by atoms with Crippen LogP contribution in [0.1, 0.15) is 50.2 Å². The van der Waals surface area contributed by atoms with Crippen molar-refractivity contribution in [3.63, 3.8) is 0 Å². The molecule has 100 valence electrons. The van der Waals surface area contributed by atoms with Crippen molar-refractivity contribution in [3.05, 3.63) is 35.4 Å². The molecule has 0 unspecified atom stereocenters. The molecule has 2 N–H and O–H groups in total. The van der Waals surface area contributed by atoms with Gasteiger partial charge in [-0.2, -0.15) is 0 Å². The van der Waals surface area contributed by atoms with Crippen LogP contribution < -0.4 is 5.32 Å². The van der Waals surface area contributed by atoms with E-state index in [1.807, 2.05) is 24.3 Å². The molecule has 0 atom stereocenters. The van der Waals surface area contributed by atoms with Gasteiger partial charge in [-0.1, -0.05) is 50.5 Å². The molecular weight excluding hydrogens is 226 g/mol. The zero-order valence-electron chi connectivity index (χ0n) is 11.1. The van der Waals surface area contributed by atoms with Gasteiger partial charge in [0.2, 0.25) is 5.91 Å². The molecule has 0 radical (unpaired) electrons. The van der Waals surface area contributed by atoms with Gasteiger partial charge < -0.3 is 10.4 Å². The van der Waals surface area contributed by atoms with Gasteiger partial charge in [0.15, 0.2) is 0 Å². The summed E-state index contributed by atoms with van der Waals surface area (Å²) < 4.78 is 0. The van der Waals surface area contributed by atoms with Crippen LogP contribution in [0.25, 0.3) is 0 Å². The number of carbonyl (C=O) groups excluding carboxylic acids is 1. The maximum Gasteiger partial charge on any atom is 0.220 e. The molecule has 0 saturated carbocycles. The first-order valence-corrected chi connectivity index (χ1v) is 6.71. The number of amides is 1. The molecule has 0 saturated heterocycles. The van der Waals surface area contributed by atoms with E-state index in [1.165, 1.54) is 12.8 Å². The van der Waals surface area contributed by atoms with Crippen LogP contribution in [0.2, 0.25) is 0 Å². The maximum atomic E-state index is 11.6. The highest BCUT2D eigenvalue weighted by molar-refractivity contribution is 5.75. The average molecular weight is 249 g/mol. The van der Waals surface area contributed by atoms with Crippen LogP contribution in [0.4, 0.5) is 0 Å². The number of hydrogen-bond donors (Lipinski definition) is 2. The molecule has 18 heavy (non-hydrogen) atoms. The largest absolute Gasteiger partial charge is 0.392 e. The van der Waals surface area contributed by atoms with E-state index in [4.69, 9.17) is 5.11 Å². The molecule has 0 aromatic heterocycles. The Balaban J connectivity index is 2.24. The second-order valence-corrected chi connectivity index (χ2v) is 4.57. The average Bonchev–Trinajstić information content (AvgIpc) is 2.41. The fraction of sp³-hybridized carbons (Fsp3) is 0.533. The minimum absolute atomic E-state index is 0.0405. The van der Waals surface area contributed by atoms with E-state index < -0.39 is 0 Å². The number of hydrogen-bond acceptors (Lipinski definition) is 2.